The second kappa shape index (κ2) is 10.4. The fraction of sp³-hybridized carbons (Fsp3) is 0.440. The number of urea groups is 1. The van der Waals surface area contributed by atoms with Crippen LogP contribution in [0.2, 0.25) is 0 Å². The Kier molecular flexibility index (Phi) is 7.62. The van der Waals surface area contributed by atoms with Crippen LogP contribution in [0, 0.1) is 13.8 Å². The molecule has 0 unspecified atom stereocenters. The van der Waals surface area contributed by atoms with Crippen molar-refractivity contribution in [2.75, 3.05) is 32.2 Å². The maximum Gasteiger partial charge on any atom is 0.322 e. The maximum atomic E-state index is 13.3. The molecule has 7 nitrogen and oxygen atoms in total. The van der Waals surface area contributed by atoms with Gasteiger partial charge in [0.05, 0.1) is 32.8 Å². The molecule has 1 atom stereocenters. The van der Waals surface area contributed by atoms with Gasteiger partial charge in [0.25, 0.3) is 0 Å². The molecule has 0 bridgehead atoms. The Bertz CT molecular complexity index is 989. The number of anilines is 1. The second-order valence-electron chi connectivity index (χ2n) is 7.85. The zero-order valence-electron chi connectivity index (χ0n) is 19.5. The Morgan fingerprint density at radius 1 is 1.06 bits per heavy atom. The highest BCUT2D eigenvalue weighted by atomic mass is 16.5. The minimum absolute atomic E-state index is 0.0588. The number of carbonyl (C=O) groups excluding carboxylic acids is 2. The third kappa shape index (κ3) is 5.15. The Balaban J connectivity index is 1.97. The van der Waals surface area contributed by atoms with Gasteiger partial charge in [-0.15, -0.1) is 0 Å². The first kappa shape index (κ1) is 23.4. The van der Waals surface area contributed by atoms with Crippen LogP contribution in [0.25, 0.3) is 0 Å². The van der Waals surface area contributed by atoms with Gasteiger partial charge in [0.1, 0.15) is 0 Å². The molecule has 2 amide bonds. The lowest BCUT2D eigenvalue weighted by atomic mass is 9.90. The lowest BCUT2D eigenvalue weighted by Crippen LogP contribution is -2.43. The molecule has 3 rings (SSSR count). The zero-order valence-corrected chi connectivity index (χ0v) is 19.5. The van der Waals surface area contributed by atoms with Gasteiger partial charge < -0.3 is 24.4 Å². The molecule has 7 heteroatoms. The lowest BCUT2D eigenvalue weighted by molar-refractivity contribution is -0.141. The van der Waals surface area contributed by atoms with Crippen molar-refractivity contribution in [1.82, 2.24) is 4.90 Å². The van der Waals surface area contributed by atoms with E-state index >= 15 is 0 Å². The number of rotatable bonds is 7. The predicted octanol–water partition coefficient (Wildman–Crippen LogP) is 4.80. The fourth-order valence-electron chi connectivity index (χ4n) is 4.01. The van der Waals surface area contributed by atoms with E-state index in [1.807, 2.05) is 58.0 Å². The van der Waals surface area contributed by atoms with Crippen LogP contribution < -0.4 is 14.8 Å². The summed E-state index contributed by atoms with van der Waals surface area (Å²) >= 11 is 0. The third-order valence-electron chi connectivity index (χ3n) is 5.65. The Morgan fingerprint density at radius 3 is 2.41 bits per heavy atom. The van der Waals surface area contributed by atoms with Crippen molar-refractivity contribution >= 4 is 17.7 Å². The number of aryl methyl sites for hydroxylation is 2. The van der Waals surface area contributed by atoms with E-state index in [0.717, 1.165) is 27.9 Å². The number of ether oxygens (including phenoxy) is 3. The molecule has 172 valence electrons. The van der Waals surface area contributed by atoms with Crippen LogP contribution in [0.15, 0.2) is 30.3 Å². The standard InChI is InChI=1S/C25H32N2O5/c1-6-31-22-13-18-10-11-27(25(29)26-20-12-16(3)8-9-17(20)4)21(15-24(28)30-5)19(18)14-23(22)32-7-2/h8-9,12-14,21H,6-7,10-11,15H2,1-5H3,(H,26,29)/t21-/m0/s1. The third-order valence-corrected chi connectivity index (χ3v) is 5.65. The molecule has 0 radical (unpaired) electrons. The number of methoxy groups -OCH3 is 1. The normalized spacial score (nSPS) is 15.0. The first-order valence-electron chi connectivity index (χ1n) is 11.0. The molecule has 1 heterocycles. The van der Waals surface area contributed by atoms with Gasteiger partial charge in [-0.25, -0.2) is 4.79 Å². The van der Waals surface area contributed by atoms with Gasteiger partial charge in [0.2, 0.25) is 0 Å². The van der Waals surface area contributed by atoms with Crippen molar-refractivity contribution < 1.29 is 23.8 Å². The quantitative estimate of drug-likeness (QED) is 0.626. The molecule has 1 aliphatic heterocycles. The maximum absolute atomic E-state index is 13.3. The number of hydrogen-bond acceptors (Lipinski definition) is 5. The van der Waals surface area contributed by atoms with Gasteiger partial charge in [0, 0.05) is 12.2 Å². The van der Waals surface area contributed by atoms with Crippen LogP contribution in [0.4, 0.5) is 10.5 Å². The molecule has 0 aliphatic carbocycles. The average Bonchev–Trinajstić information content (AvgIpc) is 2.77. The SMILES string of the molecule is CCOc1cc2c(cc1OCC)[C@H](CC(=O)OC)N(C(=O)Nc1cc(C)ccc1C)CC2. The van der Waals surface area contributed by atoms with Crippen molar-refractivity contribution in [3.8, 4) is 11.5 Å². The number of nitrogens with zero attached hydrogens (tertiary/aromatic N) is 1. The van der Waals surface area contributed by atoms with E-state index in [0.29, 0.717) is 37.7 Å². The van der Waals surface area contributed by atoms with Crippen molar-refractivity contribution in [3.05, 3.63) is 52.6 Å². The Hall–Kier alpha value is -3.22. The number of nitrogens with one attached hydrogen (secondary N) is 1. The van der Waals surface area contributed by atoms with Gasteiger partial charge in [-0.1, -0.05) is 12.1 Å². The van der Waals surface area contributed by atoms with E-state index in [1.54, 1.807) is 4.90 Å². The molecule has 2 aromatic rings. The monoisotopic (exact) mass is 440 g/mol. The minimum atomic E-state index is -0.466. The lowest BCUT2D eigenvalue weighted by Gasteiger charge is -2.37. The molecule has 0 saturated carbocycles. The number of fused-ring (bicyclic) bond motifs is 1. The van der Waals surface area contributed by atoms with Crippen LogP contribution in [0.5, 0.6) is 11.5 Å². The summed E-state index contributed by atoms with van der Waals surface area (Å²) in [7, 11) is 1.36. The van der Waals surface area contributed by atoms with E-state index in [9.17, 15) is 9.59 Å². The largest absolute Gasteiger partial charge is 0.490 e. The average molecular weight is 441 g/mol. The smallest absolute Gasteiger partial charge is 0.322 e. The van der Waals surface area contributed by atoms with Crippen LogP contribution >= 0.6 is 0 Å². The molecule has 0 fully saturated rings. The van der Waals surface area contributed by atoms with Crippen LogP contribution in [0.3, 0.4) is 0 Å². The first-order valence-corrected chi connectivity index (χ1v) is 11.0. The summed E-state index contributed by atoms with van der Waals surface area (Å²) in [6.45, 7) is 9.25. The highest BCUT2D eigenvalue weighted by molar-refractivity contribution is 5.91. The number of carbonyl (C=O) groups is 2. The van der Waals surface area contributed by atoms with Gasteiger partial charge in [-0.05, 0) is 74.6 Å². The van der Waals surface area contributed by atoms with E-state index in [4.69, 9.17) is 14.2 Å². The summed E-state index contributed by atoms with van der Waals surface area (Å²) < 4.78 is 16.5. The van der Waals surface area contributed by atoms with E-state index in [1.165, 1.54) is 7.11 Å². The van der Waals surface area contributed by atoms with E-state index < -0.39 is 6.04 Å². The molecule has 32 heavy (non-hydrogen) atoms. The van der Waals surface area contributed by atoms with E-state index in [-0.39, 0.29) is 18.4 Å². The molecule has 0 aromatic heterocycles. The molecular formula is C25H32N2O5. The Morgan fingerprint density at radius 2 is 1.75 bits per heavy atom. The van der Waals surface area contributed by atoms with Gasteiger partial charge >= 0.3 is 12.0 Å². The summed E-state index contributed by atoms with van der Waals surface area (Å²) in [5.41, 5.74) is 4.72. The molecule has 1 N–H and O–H groups in total. The summed E-state index contributed by atoms with van der Waals surface area (Å²) in [5, 5.41) is 3.02. The van der Waals surface area contributed by atoms with Gasteiger partial charge in [0.15, 0.2) is 11.5 Å². The predicted molar refractivity (Wildman–Crippen MR) is 123 cm³/mol. The Labute approximate surface area is 189 Å². The number of hydrogen-bond donors (Lipinski definition) is 1. The minimum Gasteiger partial charge on any atom is -0.490 e. The van der Waals surface area contributed by atoms with Crippen LogP contribution in [0.1, 0.15) is 48.6 Å². The topological polar surface area (TPSA) is 77.1 Å². The van der Waals surface area contributed by atoms with E-state index in [2.05, 4.69) is 5.32 Å². The fourth-order valence-corrected chi connectivity index (χ4v) is 4.01. The molecule has 1 aliphatic rings. The molecular weight excluding hydrogens is 408 g/mol. The number of amides is 2. The number of esters is 1. The van der Waals surface area contributed by atoms with Crippen molar-refractivity contribution in [2.45, 2.75) is 46.6 Å². The second-order valence-corrected chi connectivity index (χ2v) is 7.85. The summed E-state index contributed by atoms with van der Waals surface area (Å²) in [5.74, 6) is 0.914. The molecule has 0 spiro atoms. The van der Waals surface area contributed by atoms with Crippen molar-refractivity contribution in [3.63, 3.8) is 0 Å². The highest BCUT2D eigenvalue weighted by Gasteiger charge is 2.34. The number of benzene rings is 2. The van der Waals surface area contributed by atoms with Crippen molar-refractivity contribution in [1.29, 1.82) is 0 Å². The van der Waals surface area contributed by atoms with Crippen molar-refractivity contribution in [2.24, 2.45) is 0 Å². The molecule has 0 saturated heterocycles. The molecule has 2 aromatic carbocycles. The summed E-state index contributed by atoms with van der Waals surface area (Å²) in [6, 6.07) is 9.08. The summed E-state index contributed by atoms with van der Waals surface area (Å²) in [4.78, 5) is 27.3. The van der Waals surface area contributed by atoms with Crippen LogP contribution in [-0.4, -0.2) is 43.8 Å². The van der Waals surface area contributed by atoms with Crippen LogP contribution in [-0.2, 0) is 16.0 Å². The zero-order chi connectivity index (χ0) is 23.3. The van der Waals surface area contributed by atoms with Gasteiger partial charge in [-0.2, -0.15) is 0 Å². The summed E-state index contributed by atoms with van der Waals surface area (Å²) in [6.07, 6.45) is 0.711. The first-order chi connectivity index (χ1) is 15.4. The highest BCUT2D eigenvalue weighted by Crippen LogP contribution is 2.40. The van der Waals surface area contributed by atoms with Gasteiger partial charge in [-0.3, -0.25) is 4.79 Å².